The monoisotopic (exact) mass is 277 g/mol. The lowest BCUT2D eigenvalue weighted by atomic mass is 10.3. The van der Waals surface area contributed by atoms with Crippen LogP contribution in [0.5, 0.6) is 0 Å². The summed E-state index contributed by atoms with van der Waals surface area (Å²) < 4.78 is 1.89. The maximum absolute atomic E-state index is 5.96. The molecule has 6 heteroatoms. The SMILES string of the molecule is Nc1nc2cc(Cl)c(Cl)cc2n1CCCCl. The van der Waals surface area contributed by atoms with Gasteiger partial charge in [-0.1, -0.05) is 23.2 Å². The Morgan fingerprint density at radius 1 is 1.25 bits per heavy atom. The summed E-state index contributed by atoms with van der Waals surface area (Å²) in [7, 11) is 0. The molecule has 0 fully saturated rings. The Hall–Kier alpha value is -0.640. The lowest BCUT2D eigenvalue weighted by Crippen LogP contribution is -2.03. The van der Waals surface area contributed by atoms with Gasteiger partial charge in [0.2, 0.25) is 5.95 Å². The largest absolute Gasteiger partial charge is 0.369 e. The number of nitrogens with zero attached hydrogens (tertiary/aromatic N) is 2. The number of aryl methyl sites for hydroxylation is 1. The van der Waals surface area contributed by atoms with Crippen molar-refractivity contribution in [1.82, 2.24) is 9.55 Å². The molecule has 16 heavy (non-hydrogen) atoms. The fourth-order valence-electron chi connectivity index (χ4n) is 1.59. The highest BCUT2D eigenvalue weighted by molar-refractivity contribution is 6.42. The van der Waals surface area contributed by atoms with Gasteiger partial charge in [-0.2, -0.15) is 0 Å². The van der Waals surface area contributed by atoms with Crippen LogP contribution in [0.3, 0.4) is 0 Å². The van der Waals surface area contributed by atoms with E-state index in [-0.39, 0.29) is 0 Å². The van der Waals surface area contributed by atoms with Crippen molar-refractivity contribution in [2.45, 2.75) is 13.0 Å². The zero-order valence-electron chi connectivity index (χ0n) is 8.38. The van der Waals surface area contributed by atoms with Gasteiger partial charge >= 0.3 is 0 Å². The van der Waals surface area contributed by atoms with Crippen LogP contribution in [0.25, 0.3) is 11.0 Å². The van der Waals surface area contributed by atoms with Crippen molar-refractivity contribution >= 4 is 51.8 Å². The molecule has 1 heterocycles. The highest BCUT2D eigenvalue weighted by atomic mass is 35.5. The van der Waals surface area contributed by atoms with Gasteiger partial charge in [0.1, 0.15) is 0 Å². The first kappa shape index (κ1) is 11.8. The molecule has 0 saturated carbocycles. The topological polar surface area (TPSA) is 43.8 Å². The molecule has 2 N–H and O–H groups in total. The van der Waals surface area contributed by atoms with E-state index in [4.69, 9.17) is 40.5 Å². The van der Waals surface area contributed by atoms with Crippen molar-refractivity contribution in [3.63, 3.8) is 0 Å². The predicted molar refractivity (Wildman–Crippen MR) is 69.5 cm³/mol. The molecule has 0 aliphatic rings. The van der Waals surface area contributed by atoms with Crippen LogP contribution in [0.2, 0.25) is 10.0 Å². The molecule has 0 saturated heterocycles. The number of nitrogens with two attached hydrogens (primary N) is 1. The van der Waals surface area contributed by atoms with Gasteiger partial charge in [0, 0.05) is 12.4 Å². The summed E-state index contributed by atoms with van der Waals surface area (Å²) >= 11 is 17.5. The van der Waals surface area contributed by atoms with Crippen molar-refractivity contribution < 1.29 is 0 Å². The van der Waals surface area contributed by atoms with E-state index in [9.17, 15) is 0 Å². The van der Waals surface area contributed by atoms with Gasteiger partial charge in [-0.25, -0.2) is 4.98 Å². The molecule has 0 aliphatic carbocycles. The zero-order valence-corrected chi connectivity index (χ0v) is 10.6. The number of hydrogen-bond donors (Lipinski definition) is 1. The van der Waals surface area contributed by atoms with E-state index in [2.05, 4.69) is 4.98 Å². The number of benzene rings is 1. The van der Waals surface area contributed by atoms with Gasteiger partial charge in [-0.05, 0) is 18.6 Å². The molecule has 86 valence electrons. The van der Waals surface area contributed by atoms with E-state index in [1.807, 2.05) is 4.57 Å². The Balaban J connectivity index is 2.55. The molecule has 1 aromatic carbocycles. The molecule has 0 aliphatic heterocycles. The molecular formula is C10H10Cl3N3. The van der Waals surface area contributed by atoms with Crippen molar-refractivity contribution in [3.8, 4) is 0 Å². The van der Waals surface area contributed by atoms with Crippen LogP contribution in [0.1, 0.15) is 6.42 Å². The maximum Gasteiger partial charge on any atom is 0.201 e. The van der Waals surface area contributed by atoms with E-state index in [1.54, 1.807) is 12.1 Å². The second-order valence-corrected chi connectivity index (χ2v) is 4.61. The summed E-state index contributed by atoms with van der Waals surface area (Å²) in [5, 5.41) is 0.984. The van der Waals surface area contributed by atoms with E-state index >= 15 is 0 Å². The van der Waals surface area contributed by atoms with Gasteiger partial charge in [0.15, 0.2) is 0 Å². The van der Waals surface area contributed by atoms with Crippen molar-refractivity contribution in [3.05, 3.63) is 22.2 Å². The second-order valence-electron chi connectivity index (χ2n) is 3.42. The molecule has 2 rings (SSSR count). The van der Waals surface area contributed by atoms with E-state index in [1.165, 1.54) is 0 Å². The first-order valence-corrected chi connectivity index (χ1v) is 6.09. The Kier molecular flexibility index (Phi) is 3.47. The first-order chi connectivity index (χ1) is 7.63. The standard InChI is InChI=1S/C10H10Cl3N3/c11-2-1-3-16-9-5-7(13)6(12)4-8(9)15-10(16)14/h4-5H,1-3H2,(H2,14,15). The first-order valence-electron chi connectivity index (χ1n) is 4.80. The summed E-state index contributed by atoms with van der Waals surface area (Å²) in [6.07, 6.45) is 0.831. The summed E-state index contributed by atoms with van der Waals surface area (Å²) in [6.45, 7) is 0.726. The number of anilines is 1. The number of halogens is 3. The number of aromatic nitrogens is 2. The summed E-state index contributed by atoms with van der Waals surface area (Å²) in [5.74, 6) is 1.04. The lowest BCUT2D eigenvalue weighted by Gasteiger charge is -2.04. The number of imidazole rings is 1. The van der Waals surface area contributed by atoms with Crippen molar-refractivity contribution in [1.29, 1.82) is 0 Å². The van der Waals surface area contributed by atoms with Crippen molar-refractivity contribution in [2.75, 3.05) is 11.6 Å². The van der Waals surface area contributed by atoms with Gasteiger partial charge in [-0.15, -0.1) is 11.6 Å². The van der Waals surface area contributed by atoms with Crippen LogP contribution >= 0.6 is 34.8 Å². The highest BCUT2D eigenvalue weighted by Gasteiger charge is 2.10. The minimum absolute atomic E-state index is 0.457. The molecule has 0 unspecified atom stereocenters. The molecule has 0 spiro atoms. The Bertz CT molecular complexity index is 521. The quantitative estimate of drug-likeness (QED) is 0.873. The Labute approximate surface area is 108 Å². The number of fused-ring (bicyclic) bond motifs is 1. The summed E-state index contributed by atoms with van der Waals surface area (Å²) in [5.41, 5.74) is 7.45. The number of nitrogen functional groups attached to an aromatic ring is 1. The van der Waals surface area contributed by atoms with Gasteiger partial charge in [-0.3, -0.25) is 0 Å². The van der Waals surface area contributed by atoms with Crippen LogP contribution in [0, 0.1) is 0 Å². The molecule has 2 aromatic rings. The summed E-state index contributed by atoms with van der Waals surface area (Å²) in [6, 6.07) is 3.49. The second kappa shape index (κ2) is 4.70. The minimum Gasteiger partial charge on any atom is -0.369 e. The average Bonchev–Trinajstić information content (AvgIpc) is 2.52. The molecule has 0 atom stereocenters. The third kappa shape index (κ3) is 2.08. The third-order valence-electron chi connectivity index (χ3n) is 2.34. The third-order valence-corrected chi connectivity index (χ3v) is 3.32. The Morgan fingerprint density at radius 2 is 1.94 bits per heavy atom. The number of hydrogen-bond acceptors (Lipinski definition) is 2. The number of rotatable bonds is 3. The van der Waals surface area contributed by atoms with Crippen molar-refractivity contribution in [2.24, 2.45) is 0 Å². The average molecular weight is 279 g/mol. The molecule has 0 amide bonds. The molecular weight excluding hydrogens is 268 g/mol. The smallest absolute Gasteiger partial charge is 0.201 e. The zero-order chi connectivity index (χ0) is 11.7. The van der Waals surface area contributed by atoms with E-state index in [0.29, 0.717) is 21.9 Å². The van der Waals surface area contributed by atoms with Gasteiger partial charge in [0.05, 0.1) is 21.1 Å². The highest BCUT2D eigenvalue weighted by Crippen LogP contribution is 2.29. The lowest BCUT2D eigenvalue weighted by molar-refractivity contribution is 0.710. The normalized spacial score (nSPS) is 11.2. The maximum atomic E-state index is 5.96. The van der Waals surface area contributed by atoms with Crippen LogP contribution in [0.15, 0.2) is 12.1 Å². The fraction of sp³-hybridized carbons (Fsp3) is 0.300. The van der Waals surface area contributed by atoms with Crippen LogP contribution in [-0.4, -0.2) is 15.4 Å². The molecule has 0 bridgehead atoms. The van der Waals surface area contributed by atoms with Gasteiger partial charge < -0.3 is 10.3 Å². The minimum atomic E-state index is 0.457. The van der Waals surface area contributed by atoms with Crippen LogP contribution in [-0.2, 0) is 6.54 Å². The molecule has 1 aromatic heterocycles. The van der Waals surface area contributed by atoms with E-state index < -0.39 is 0 Å². The number of alkyl halides is 1. The predicted octanol–water partition coefficient (Wildman–Crippen LogP) is 3.55. The Morgan fingerprint density at radius 3 is 2.62 bits per heavy atom. The van der Waals surface area contributed by atoms with E-state index in [0.717, 1.165) is 24.0 Å². The summed E-state index contributed by atoms with van der Waals surface area (Å²) in [4.78, 5) is 4.22. The molecule has 3 nitrogen and oxygen atoms in total. The van der Waals surface area contributed by atoms with Gasteiger partial charge in [0.25, 0.3) is 0 Å². The van der Waals surface area contributed by atoms with Crippen LogP contribution < -0.4 is 5.73 Å². The van der Waals surface area contributed by atoms with Crippen LogP contribution in [0.4, 0.5) is 5.95 Å². The molecule has 0 radical (unpaired) electrons. The fourth-order valence-corrected chi connectivity index (χ4v) is 2.03.